The minimum Gasteiger partial charge on any atom is -0.493 e. The van der Waals surface area contributed by atoms with E-state index in [0.29, 0.717) is 19.6 Å². The Kier molecular flexibility index (Phi) is 9.40. The molecule has 3 aromatic carbocycles. The first-order valence-electron chi connectivity index (χ1n) is 14.9. The molecule has 0 saturated carbocycles. The van der Waals surface area contributed by atoms with Crippen LogP contribution in [0, 0.1) is 0 Å². The zero-order valence-corrected chi connectivity index (χ0v) is 24.4. The van der Waals surface area contributed by atoms with E-state index in [1.165, 1.54) is 18.4 Å². The molecule has 41 heavy (non-hydrogen) atoms. The van der Waals surface area contributed by atoms with Gasteiger partial charge in [0, 0.05) is 31.1 Å². The van der Waals surface area contributed by atoms with Gasteiger partial charge in [-0.05, 0) is 79.6 Å². The number of imidazole rings is 1. The first-order valence-corrected chi connectivity index (χ1v) is 14.9. The molecule has 1 unspecified atom stereocenters. The number of para-hydroxylation sites is 2. The average Bonchev–Trinajstić information content (AvgIpc) is 3.57. The number of hydrogen-bond donors (Lipinski definition) is 0. The zero-order chi connectivity index (χ0) is 28.6. The van der Waals surface area contributed by atoms with Crippen molar-refractivity contribution in [3.63, 3.8) is 0 Å². The Balaban J connectivity index is 1.24. The van der Waals surface area contributed by atoms with Gasteiger partial charge in [-0.1, -0.05) is 49.8 Å². The number of hydrogen-bond acceptors (Lipinski definition) is 4. The summed E-state index contributed by atoms with van der Waals surface area (Å²) in [6.07, 6.45) is 8.44. The summed E-state index contributed by atoms with van der Waals surface area (Å²) in [6.45, 7) is 8.10. The van der Waals surface area contributed by atoms with Crippen LogP contribution in [0.1, 0.15) is 61.9 Å². The van der Waals surface area contributed by atoms with Crippen LogP contribution in [-0.2, 0) is 24.2 Å². The summed E-state index contributed by atoms with van der Waals surface area (Å²) in [5, 5.41) is 0. The fourth-order valence-corrected chi connectivity index (χ4v) is 5.67. The van der Waals surface area contributed by atoms with Gasteiger partial charge in [0.05, 0.1) is 24.8 Å². The van der Waals surface area contributed by atoms with Gasteiger partial charge in [0.25, 0.3) is 0 Å². The van der Waals surface area contributed by atoms with Crippen LogP contribution in [0.4, 0.5) is 5.69 Å². The number of unbranched alkanes of at least 4 members (excludes halogenated alkanes) is 2. The van der Waals surface area contributed by atoms with Gasteiger partial charge in [0.2, 0.25) is 5.91 Å². The molecule has 1 fully saturated rings. The molecule has 0 N–H and O–H groups in total. The molecule has 0 bridgehead atoms. The van der Waals surface area contributed by atoms with Gasteiger partial charge in [-0.15, -0.1) is 6.58 Å². The van der Waals surface area contributed by atoms with E-state index in [4.69, 9.17) is 14.5 Å². The SMILES string of the molecule is C=CCc1ccc(OCCCCn2c(C3CC(=O)N(c4ccc(CCCC)cc4)C3)nc3ccccc32)c(OC)c1. The predicted octanol–water partition coefficient (Wildman–Crippen LogP) is 7.50. The van der Waals surface area contributed by atoms with Gasteiger partial charge >= 0.3 is 0 Å². The highest BCUT2D eigenvalue weighted by atomic mass is 16.5. The molecule has 0 spiro atoms. The second-order valence-electron chi connectivity index (χ2n) is 10.8. The van der Waals surface area contributed by atoms with E-state index >= 15 is 0 Å². The van der Waals surface area contributed by atoms with Crippen LogP contribution in [0.3, 0.4) is 0 Å². The highest BCUT2D eigenvalue weighted by Gasteiger charge is 2.34. The standard InChI is InChI=1S/C35H41N3O3/c1-4-6-12-26-15-18-29(19-16-26)38-25-28(24-34(38)39)35-36-30-13-7-8-14-31(30)37(35)21-9-10-22-41-32-20-17-27(11-5-2)23-33(32)40-3/h5,7-8,13-20,23,28H,2,4,6,9-12,21-22,24-25H2,1,3H3. The Morgan fingerprint density at radius 3 is 2.59 bits per heavy atom. The number of rotatable bonds is 14. The summed E-state index contributed by atoms with van der Waals surface area (Å²) in [5.74, 6) is 2.73. The van der Waals surface area contributed by atoms with Crippen molar-refractivity contribution in [2.45, 2.75) is 64.3 Å². The van der Waals surface area contributed by atoms with Crippen molar-refractivity contribution < 1.29 is 14.3 Å². The molecular weight excluding hydrogens is 510 g/mol. The highest BCUT2D eigenvalue weighted by Crippen LogP contribution is 2.34. The summed E-state index contributed by atoms with van der Waals surface area (Å²) < 4.78 is 13.9. The van der Waals surface area contributed by atoms with Crippen molar-refractivity contribution in [2.75, 3.05) is 25.2 Å². The highest BCUT2D eigenvalue weighted by molar-refractivity contribution is 5.96. The Hall–Kier alpha value is -4.06. The largest absolute Gasteiger partial charge is 0.493 e. The van der Waals surface area contributed by atoms with Crippen LogP contribution >= 0.6 is 0 Å². The van der Waals surface area contributed by atoms with E-state index in [9.17, 15) is 4.79 Å². The maximum atomic E-state index is 13.1. The maximum absolute atomic E-state index is 13.1. The van der Waals surface area contributed by atoms with Crippen LogP contribution in [0.15, 0.2) is 79.4 Å². The smallest absolute Gasteiger partial charge is 0.227 e. The lowest BCUT2D eigenvalue weighted by molar-refractivity contribution is -0.117. The number of allylic oxidation sites excluding steroid dienone is 1. The van der Waals surface area contributed by atoms with Crippen LogP contribution in [0.25, 0.3) is 11.0 Å². The lowest BCUT2D eigenvalue weighted by atomic mass is 10.1. The summed E-state index contributed by atoms with van der Waals surface area (Å²) in [7, 11) is 1.67. The van der Waals surface area contributed by atoms with E-state index < -0.39 is 0 Å². The van der Waals surface area contributed by atoms with Crippen molar-refractivity contribution in [1.29, 1.82) is 0 Å². The lowest BCUT2D eigenvalue weighted by Gasteiger charge is -2.18. The average molecular weight is 552 g/mol. The molecule has 214 valence electrons. The van der Waals surface area contributed by atoms with E-state index in [1.807, 2.05) is 29.2 Å². The molecule has 1 aliphatic rings. The summed E-state index contributed by atoms with van der Waals surface area (Å²) in [4.78, 5) is 20.1. The number of aromatic nitrogens is 2. The van der Waals surface area contributed by atoms with Crippen LogP contribution in [0.2, 0.25) is 0 Å². The lowest BCUT2D eigenvalue weighted by Crippen LogP contribution is -2.24. The second kappa shape index (κ2) is 13.5. The first kappa shape index (κ1) is 28.5. The molecule has 0 radical (unpaired) electrons. The topological polar surface area (TPSA) is 56.6 Å². The van der Waals surface area contributed by atoms with Gasteiger partial charge < -0.3 is 18.9 Å². The van der Waals surface area contributed by atoms with Gasteiger partial charge in [-0.3, -0.25) is 4.79 Å². The third-order valence-electron chi connectivity index (χ3n) is 7.88. The number of carbonyl (C=O) groups is 1. The summed E-state index contributed by atoms with van der Waals surface area (Å²) in [6, 6.07) is 22.8. The van der Waals surface area contributed by atoms with Crippen molar-refractivity contribution >= 4 is 22.6 Å². The molecule has 0 aliphatic carbocycles. The van der Waals surface area contributed by atoms with Crippen LogP contribution in [-0.4, -0.2) is 35.7 Å². The number of aryl methyl sites for hydroxylation is 2. The van der Waals surface area contributed by atoms with Crippen molar-refractivity contribution in [1.82, 2.24) is 9.55 Å². The maximum Gasteiger partial charge on any atom is 0.227 e. The normalized spacial score (nSPS) is 15.0. The Morgan fingerprint density at radius 2 is 1.80 bits per heavy atom. The summed E-state index contributed by atoms with van der Waals surface area (Å²) in [5.41, 5.74) is 5.55. The molecule has 1 atom stereocenters. The van der Waals surface area contributed by atoms with E-state index in [2.05, 4.69) is 66.6 Å². The molecule has 5 rings (SSSR count). The molecule has 1 aliphatic heterocycles. The van der Waals surface area contributed by atoms with E-state index in [0.717, 1.165) is 71.8 Å². The fourth-order valence-electron chi connectivity index (χ4n) is 5.67. The zero-order valence-electron chi connectivity index (χ0n) is 24.4. The minimum absolute atomic E-state index is 0.0595. The number of amides is 1. The molecule has 2 heterocycles. The van der Waals surface area contributed by atoms with Crippen molar-refractivity contribution in [3.8, 4) is 11.5 Å². The number of anilines is 1. The Morgan fingerprint density at radius 1 is 1.00 bits per heavy atom. The number of nitrogens with zero attached hydrogens (tertiary/aromatic N) is 3. The van der Waals surface area contributed by atoms with Gasteiger partial charge in [0.1, 0.15) is 5.82 Å². The molecule has 1 amide bonds. The fraction of sp³-hybridized carbons (Fsp3) is 0.371. The number of carbonyl (C=O) groups excluding carboxylic acids is 1. The molecule has 4 aromatic rings. The summed E-state index contributed by atoms with van der Waals surface area (Å²) >= 11 is 0. The van der Waals surface area contributed by atoms with E-state index in [1.54, 1.807) is 7.11 Å². The Bertz CT molecular complexity index is 1470. The Labute approximate surface area is 243 Å². The van der Waals surface area contributed by atoms with Crippen molar-refractivity contribution in [3.05, 3.63) is 96.3 Å². The number of benzene rings is 3. The quantitative estimate of drug-likeness (QED) is 0.120. The number of fused-ring (bicyclic) bond motifs is 1. The predicted molar refractivity (Wildman–Crippen MR) is 166 cm³/mol. The van der Waals surface area contributed by atoms with Crippen LogP contribution in [0.5, 0.6) is 11.5 Å². The van der Waals surface area contributed by atoms with Gasteiger partial charge in [0.15, 0.2) is 11.5 Å². The monoisotopic (exact) mass is 551 g/mol. The van der Waals surface area contributed by atoms with Gasteiger partial charge in [-0.2, -0.15) is 0 Å². The second-order valence-corrected chi connectivity index (χ2v) is 10.8. The number of methoxy groups -OCH3 is 1. The first-order chi connectivity index (χ1) is 20.1. The molecule has 6 nitrogen and oxygen atoms in total. The molecule has 1 saturated heterocycles. The van der Waals surface area contributed by atoms with Crippen LogP contribution < -0.4 is 14.4 Å². The third-order valence-corrected chi connectivity index (χ3v) is 7.88. The minimum atomic E-state index is 0.0595. The number of ether oxygens (including phenoxy) is 2. The van der Waals surface area contributed by atoms with Crippen molar-refractivity contribution in [2.24, 2.45) is 0 Å². The van der Waals surface area contributed by atoms with Gasteiger partial charge in [-0.25, -0.2) is 4.98 Å². The molecule has 1 aromatic heterocycles. The third kappa shape index (κ3) is 6.64. The molecular formula is C35H41N3O3. The molecule has 6 heteroatoms. The van der Waals surface area contributed by atoms with E-state index in [-0.39, 0.29) is 11.8 Å².